The van der Waals surface area contributed by atoms with Gasteiger partial charge in [-0.1, -0.05) is 64.9 Å². The van der Waals surface area contributed by atoms with Crippen LogP contribution in [-0.4, -0.2) is 17.1 Å². The Bertz CT molecular complexity index is 952. The predicted octanol–water partition coefficient (Wildman–Crippen LogP) is 4.36. The molecule has 1 fully saturated rings. The topological polar surface area (TPSA) is 73.2 Å². The number of rotatable bonds is 5. The van der Waals surface area contributed by atoms with E-state index in [1.54, 1.807) is 12.1 Å². The van der Waals surface area contributed by atoms with Crippen LogP contribution in [0.5, 0.6) is 0 Å². The molecule has 28 heavy (non-hydrogen) atoms. The highest BCUT2D eigenvalue weighted by atomic mass is 79.9. The van der Waals surface area contributed by atoms with E-state index in [1.807, 2.05) is 55.5 Å². The zero-order valence-corrected chi connectivity index (χ0v) is 17.6. The van der Waals surface area contributed by atoms with E-state index in [4.69, 9.17) is 0 Å². The van der Waals surface area contributed by atoms with Crippen LogP contribution in [0.25, 0.3) is 0 Å². The van der Waals surface area contributed by atoms with Crippen LogP contribution < -0.4 is 10.2 Å². The second-order valence-electron chi connectivity index (χ2n) is 6.13. The quantitative estimate of drug-likeness (QED) is 0.536. The van der Waals surface area contributed by atoms with Crippen molar-refractivity contribution in [2.45, 2.75) is 25.1 Å². The Morgan fingerprint density at radius 3 is 2.50 bits per heavy atom. The molecule has 0 aromatic heterocycles. The third kappa shape index (κ3) is 4.29. The van der Waals surface area contributed by atoms with E-state index in [0.29, 0.717) is 23.7 Å². The van der Waals surface area contributed by atoms with Crippen LogP contribution in [0.2, 0.25) is 0 Å². The number of benzene rings is 2. The first kappa shape index (κ1) is 20.2. The minimum Gasteiger partial charge on any atom is -0.347 e. The molecule has 1 aliphatic rings. The molecule has 0 aliphatic carbocycles. The molecule has 2 amide bonds. The number of nitrogens with zero attached hydrogens (tertiary/aromatic N) is 2. The number of hydrogen-bond acceptors (Lipinski definition) is 4. The van der Waals surface area contributed by atoms with Crippen molar-refractivity contribution in [3.63, 3.8) is 0 Å². The average molecular weight is 456 g/mol. The molecule has 0 spiro atoms. The van der Waals surface area contributed by atoms with Gasteiger partial charge in [0.05, 0.1) is 5.25 Å². The average Bonchev–Trinajstić information content (AvgIpc) is 3.04. The molecule has 0 saturated carbocycles. The van der Waals surface area contributed by atoms with Gasteiger partial charge in [-0.15, -0.1) is 0 Å². The summed E-state index contributed by atoms with van der Waals surface area (Å²) in [5.74, 6) is -0.603. The van der Waals surface area contributed by atoms with Crippen LogP contribution in [0.4, 0.5) is 5.69 Å². The van der Waals surface area contributed by atoms with E-state index < -0.39 is 5.91 Å². The molecule has 5 nitrogen and oxygen atoms in total. The summed E-state index contributed by atoms with van der Waals surface area (Å²) in [6.45, 7) is 2.23. The minimum absolute atomic E-state index is 0.0480. The number of amides is 2. The lowest BCUT2D eigenvalue weighted by Crippen LogP contribution is -2.31. The maximum Gasteiger partial charge on any atom is 0.264 e. The molecule has 2 aromatic rings. The maximum atomic E-state index is 12.9. The number of thioether (sulfide) groups is 1. The van der Waals surface area contributed by atoms with Crippen LogP contribution in [0.3, 0.4) is 0 Å². The van der Waals surface area contributed by atoms with Gasteiger partial charge in [0, 0.05) is 16.7 Å². The Labute approximate surface area is 176 Å². The molecular formula is C21H18BrN3O2S. The number of carbonyl (C=O) groups is 2. The summed E-state index contributed by atoms with van der Waals surface area (Å²) in [4.78, 5) is 27.1. The first-order valence-corrected chi connectivity index (χ1v) is 10.4. The number of carbonyl (C=O) groups excluding carboxylic acids is 2. The van der Waals surface area contributed by atoms with Gasteiger partial charge in [0.25, 0.3) is 5.91 Å². The molecule has 0 radical (unpaired) electrons. The largest absolute Gasteiger partial charge is 0.347 e. The Hall–Kier alpha value is -2.56. The molecular weight excluding hydrogens is 438 g/mol. The zero-order chi connectivity index (χ0) is 20.1. The lowest BCUT2D eigenvalue weighted by atomic mass is 10.2. The van der Waals surface area contributed by atoms with Gasteiger partial charge in [0.15, 0.2) is 0 Å². The summed E-state index contributed by atoms with van der Waals surface area (Å²) < 4.78 is 0.884. The van der Waals surface area contributed by atoms with E-state index in [2.05, 4.69) is 21.2 Å². The van der Waals surface area contributed by atoms with Crippen LogP contribution >= 0.6 is 27.7 Å². The minimum atomic E-state index is -0.486. The molecule has 1 atom stereocenters. The molecule has 1 aliphatic heterocycles. The fourth-order valence-electron chi connectivity index (χ4n) is 2.81. The lowest BCUT2D eigenvalue weighted by molar-refractivity contribution is -0.117. The van der Waals surface area contributed by atoms with Crippen molar-refractivity contribution >= 4 is 45.2 Å². The van der Waals surface area contributed by atoms with E-state index in [0.717, 1.165) is 10.0 Å². The monoisotopic (exact) mass is 455 g/mol. The first-order valence-electron chi connectivity index (χ1n) is 8.77. The molecule has 1 heterocycles. The lowest BCUT2D eigenvalue weighted by Gasteiger charge is -2.18. The van der Waals surface area contributed by atoms with Gasteiger partial charge in [-0.05, 0) is 36.2 Å². The van der Waals surface area contributed by atoms with E-state index in [9.17, 15) is 14.9 Å². The van der Waals surface area contributed by atoms with Gasteiger partial charge < -0.3 is 5.32 Å². The fourth-order valence-corrected chi connectivity index (χ4v) is 4.27. The van der Waals surface area contributed by atoms with Crippen molar-refractivity contribution < 1.29 is 9.59 Å². The second-order valence-corrected chi connectivity index (χ2v) is 8.23. The number of nitrogens with one attached hydrogen (secondary N) is 1. The second kappa shape index (κ2) is 9.09. The Kier molecular flexibility index (Phi) is 6.55. The van der Waals surface area contributed by atoms with E-state index >= 15 is 0 Å². The predicted molar refractivity (Wildman–Crippen MR) is 114 cm³/mol. The fraction of sp³-hybridized carbons (Fsp3) is 0.190. The number of halogens is 1. The van der Waals surface area contributed by atoms with Crippen molar-refractivity contribution in [2.24, 2.45) is 0 Å². The summed E-state index contributed by atoms with van der Waals surface area (Å²) in [6, 6.07) is 18.7. The van der Waals surface area contributed by atoms with Gasteiger partial charge in [0.2, 0.25) is 5.91 Å². The standard InChI is InChI=1S/C21H18BrN3O2S/c1-2-18-20(27)25(16-10-8-15(22)9-11-16)21(28-18)17(12-23)19(26)24-13-14-6-4-3-5-7-14/h3-11,18H,2,13H2,1H3,(H,24,26). The van der Waals surface area contributed by atoms with Crippen LogP contribution in [0.1, 0.15) is 18.9 Å². The third-order valence-electron chi connectivity index (χ3n) is 4.26. The summed E-state index contributed by atoms with van der Waals surface area (Å²) in [5.41, 5.74) is 1.52. The van der Waals surface area contributed by atoms with E-state index in [-0.39, 0.29) is 16.7 Å². The molecule has 1 saturated heterocycles. The van der Waals surface area contributed by atoms with Crippen LogP contribution in [-0.2, 0) is 16.1 Å². The van der Waals surface area contributed by atoms with Gasteiger partial charge in [-0.25, -0.2) is 0 Å². The van der Waals surface area contributed by atoms with Gasteiger partial charge in [-0.2, -0.15) is 5.26 Å². The Morgan fingerprint density at radius 1 is 1.21 bits per heavy atom. The molecule has 3 rings (SSSR count). The summed E-state index contributed by atoms with van der Waals surface area (Å²) in [6.07, 6.45) is 0.615. The van der Waals surface area contributed by atoms with Crippen LogP contribution in [0.15, 0.2) is 69.7 Å². The zero-order valence-electron chi connectivity index (χ0n) is 15.2. The van der Waals surface area contributed by atoms with Gasteiger partial charge in [-0.3, -0.25) is 14.5 Å². The Morgan fingerprint density at radius 2 is 1.89 bits per heavy atom. The highest BCUT2D eigenvalue weighted by Crippen LogP contribution is 2.41. The molecule has 7 heteroatoms. The highest BCUT2D eigenvalue weighted by molar-refractivity contribution is 9.10. The van der Waals surface area contributed by atoms with Gasteiger partial charge in [0.1, 0.15) is 16.7 Å². The molecule has 1 unspecified atom stereocenters. The number of hydrogen-bond donors (Lipinski definition) is 1. The van der Waals surface area contributed by atoms with Crippen molar-refractivity contribution in [1.29, 1.82) is 5.26 Å². The maximum absolute atomic E-state index is 12.9. The van der Waals surface area contributed by atoms with Crippen molar-refractivity contribution in [3.8, 4) is 6.07 Å². The number of anilines is 1. The summed E-state index contributed by atoms with van der Waals surface area (Å²) in [7, 11) is 0. The third-order valence-corrected chi connectivity index (χ3v) is 6.22. The normalized spacial score (nSPS) is 18.0. The van der Waals surface area contributed by atoms with Crippen molar-refractivity contribution in [2.75, 3.05) is 4.90 Å². The number of nitriles is 1. The SMILES string of the molecule is CCC1SC(=C(C#N)C(=O)NCc2ccccc2)N(c2ccc(Br)cc2)C1=O. The van der Waals surface area contributed by atoms with Crippen molar-refractivity contribution in [1.82, 2.24) is 5.32 Å². The van der Waals surface area contributed by atoms with Crippen LogP contribution in [0, 0.1) is 11.3 Å². The highest BCUT2D eigenvalue weighted by Gasteiger charge is 2.39. The molecule has 1 N–H and O–H groups in total. The smallest absolute Gasteiger partial charge is 0.264 e. The van der Waals surface area contributed by atoms with E-state index in [1.165, 1.54) is 16.7 Å². The summed E-state index contributed by atoms with van der Waals surface area (Å²) >= 11 is 4.65. The molecule has 142 valence electrons. The molecule has 2 aromatic carbocycles. The molecule has 0 bridgehead atoms. The van der Waals surface area contributed by atoms with Crippen molar-refractivity contribution in [3.05, 3.63) is 75.2 Å². The summed E-state index contributed by atoms with van der Waals surface area (Å²) in [5, 5.41) is 12.5. The Balaban J connectivity index is 1.93. The first-order chi connectivity index (χ1) is 13.5. The van der Waals surface area contributed by atoms with Gasteiger partial charge >= 0.3 is 0 Å².